The Morgan fingerprint density at radius 3 is 2.72 bits per heavy atom. The number of nitrogens with zero attached hydrogens (tertiary/aromatic N) is 2. The summed E-state index contributed by atoms with van der Waals surface area (Å²) in [5.41, 5.74) is 1.97. The molecule has 1 aliphatic heterocycles. The molecule has 3 rings (SSSR count). The van der Waals surface area contributed by atoms with Crippen LogP contribution >= 0.6 is 7.82 Å². The van der Waals surface area contributed by atoms with E-state index in [1.54, 1.807) is 31.7 Å². The summed E-state index contributed by atoms with van der Waals surface area (Å²) < 4.78 is 50.1. The van der Waals surface area contributed by atoms with E-state index in [-0.39, 0.29) is 24.9 Å². The summed E-state index contributed by atoms with van der Waals surface area (Å²) in [6.07, 6.45) is -0.556. The van der Waals surface area contributed by atoms with Gasteiger partial charge in [0.25, 0.3) is 0 Å². The highest BCUT2D eigenvalue weighted by molar-refractivity contribution is 7.47. The number of aryl methyl sites for hydroxylation is 1. The third-order valence-electron chi connectivity index (χ3n) is 4.53. The van der Waals surface area contributed by atoms with Crippen LogP contribution in [0.1, 0.15) is 45.9 Å². The minimum Gasteiger partial charge on any atom is -0.376 e. The molecule has 4 atom stereocenters. The summed E-state index contributed by atoms with van der Waals surface area (Å²) in [7, 11) is -4.27. The van der Waals surface area contributed by atoms with Crippen molar-refractivity contribution < 1.29 is 32.4 Å². The van der Waals surface area contributed by atoms with Gasteiger partial charge in [-0.1, -0.05) is 0 Å². The average molecular weight is 430 g/mol. The molecule has 1 aromatic heterocycles. The van der Waals surface area contributed by atoms with Crippen LogP contribution in [0.2, 0.25) is 0 Å². The van der Waals surface area contributed by atoms with Gasteiger partial charge < -0.3 is 18.9 Å². The highest BCUT2D eigenvalue weighted by Gasteiger charge is 2.42. The quantitative estimate of drug-likeness (QED) is 0.630. The first-order valence-corrected chi connectivity index (χ1v) is 11.1. The van der Waals surface area contributed by atoms with Crippen molar-refractivity contribution in [2.45, 2.75) is 71.7 Å². The average Bonchev–Trinajstić information content (AvgIpc) is 3.15. The van der Waals surface area contributed by atoms with Crippen molar-refractivity contribution in [3.8, 4) is 0 Å². The Hall–Kier alpha value is -1.35. The maximum Gasteiger partial charge on any atom is 0.472 e. The van der Waals surface area contributed by atoms with E-state index in [1.165, 1.54) is 12.1 Å². The first-order valence-electron chi connectivity index (χ1n) is 9.65. The van der Waals surface area contributed by atoms with Gasteiger partial charge in [-0.05, 0) is 52.3 Å². The molecule has 1 aromatic carbocycles. The van der Waals surface area contributed by atoms with Crippen LogP contribution in [-0.4, -0.2) is 45.5 Å². The number of imidazole rings is 1. The molecule has 1 saturated heterocycles. The number of phosphoric acid groups is 1. The van der Waals surface area contributed by atoms with E-state index in [9.17, 15) is 13.8 Å². The van der Waals surface area contributed by atoms with Crippen molar-refractivity contribution in [2.24, 2.45) is 0 Å². The van der Waals surface area contributed by atoms with Crippen LogP contribution in [0.3, 0.4) is 0 Å². The van der Waals surface area contributed by atoms with E-state index in [1.807, 2.05) is 13.8 Å². The van der Waals surface area contributed by atoms with E-state index in [2.05, 4.69) is 4.98 Å². The zero-order valence-corrected chi connectivity index (χ0v) is 18.1. The second kappa shape index (κ2) is 8.79. The van der Waals surface area contributed by atoms with Gasteiger partial charge in [0.1, 0.15) is 24.3 Å². The van der Waals surface area contributed by atoms with Gasteiger partial charge in [0.15, 0.2) is 0 Å². The van der Waals surface area contributed by atoms with Crippen LogP contribution in [0.25, 0.3) is 11.0 Å². The number of aromatic nitrogens is 2. The lowest BCUT2D eigenvalue weighted by molar-refractivity contribution is -0.0731. The summed E-state index contributed by atoms with van der Waals surface area (Å²) in [6.45, 7) is 9.03. The van der Waals surface area contributed by atoms with E-state index in [0.29, 0.717) is 11.0 Å². The van der Waals surface area contributed by atoms with Gasteiger partial charge in [0.05, 0.1) is 36.2 Å². The normalized spacial score (nSPS) is 24.7. The van der Waals surface area contributed by atoms with Crippen molar-refractivity contribution in [2.75, 3.05) is 6.61 Å². The molecule has 1 fully saturated rings. The maximum atomic E-state index is 13.9. The van der Waals surface area contributed by atoms with Crippen molar-refractivity contribution in [3.05, 3.63) is 29.8 Å². The zero-order chi connectivity index (χ0) is 21.3. The SMILES string of the molecule is Cc1cc(F)cc2c1ncn2[C@H]1CC(OP(=O)(O)OC(C)C)[C@@H](COC(C)C)O1. The largest absolute Gasteiger partial charge is 0.472 e. The Kier molecular flexibility index (Phi) is 6.77. The topological polar surface area (TPSA) is 92.0 Å². The van der Waals surface area contributed by atoms with Gasteiger partial charge in [0, 0.05) is 6.42 Å². The van der Waals surface area contributed by atoms with Crippen LogP contribution in [0.4, 0.5) is 4.39 Å². The number of halogens is 1. The lowest BCUT2D eigenvalue weighted by atomic mass is 10.2. The summed E-state index contributed by atoms with van der Waals surface area (Å²) in [4.78, 5) is 14.4. The number of hydrogen-bond donors (Lipinski definition) is 1. The minimum atomic E-state index is -4.27. The fourth-order valence-electron chi connectivity index (χ4n) is 3.38. The molecule has 8 nitrogen and oxygen atoms in total. The summed E-state index contributed by atoms with van der Waals surface area (Å²) in [5.74, 6) is -0.368. The standard InChI is InChI=1S/C19H28FN2O6P/c1-11(2)25-9-17-16(28-29(23,24)27-12(3)4)8-18(26-17)22-10-21-19-13(5)6-14(20)7-15(19)22/h6-7,10-12,16-18H,8-9H2,1-5H3,(H,23,24)/t16?,17-,18-/m1/s1. The molecule has 162 valence electrons. The first-order chi connectivity index (χ1) is 13.6. The molecule has 10 heteroatoms. The van der Waals surface area contributed by atoms with Gasteiger partial charge in [-0.15, -0.1) is 0 Å². The zero-order valence-electron chi connectivity index (χ0n) is 17.2. The Labute approximate surface area is 169 Å². The van der Waals surface area contributed by atoms with Gasteiger partial charge in [-0.2, -0.15) is 0 Å². The Morgan fingerprint density at radius 1 is 1.34 bits per heavy atom. The van der Waals surface area contributed by atoms with Gasteiger partial charge >= 0.3 is 7.82 Å². The number of ether oxygens (including phenoxy) is 2. The second-order valence-corrected chi connectivity index (χ2v) is 9.11. The number of hydrogen-bond acceptors (Lipinski definition) is 6. The fraction of sp³-hybridized carbons (Fsp3) is 0.632. The highest BCUT2D eigenvalue weighted by atomic mass is 31.2. The lowest BCUT2D eigenvalue weighted by Gasteiger charge is -2.22. The van der Waals surface area contributed by atoms with Crippen LogP contribution < -0.4 is 0 Å². The molecule has 0 radical (unpaired) electrons. The predicted molar refractivity (Wildman–Crippen MR) is 105 cm³/mol. The third-order valence-corrected chi connectivity index (χ3v) is 5.76. The van der Waals surface area contributed by atoms with Crippen LogP contribution in [0.15, 0.2) is 18.5 Å². The van der Waals surface area contributed by atoms with E-state index in [0.717, 1.165) is 5.56 Å². The highest BCUT2D eigenvalue weighted by Crippen LogP contribution is 2.49. The molecule has 29 heavy (non-hydrogen) atoms. The number of phosphoric ester groups is 1. The van der Waals surface area contributed by atoms with Crippen molar-refractivity contribution in [3.63, 3.8) is 0 Å². The molecule has 0 amide bonds. The minimum absolute atomic E-state index is 0.0445. The van der Waals surface area contributed by atoms with Crippen LogP contribution in [0.5, 0.6) is 0 Å². The first kappa shape index (κ1) is 22.3. The Morgan fingerprint density at radius 2 is 2.07 bits per heavy atom. The fourth-order valence-corrected chi connectivity index (χ4v) is 4.52. The third kappa shape index (κ3) is 5.42. The molecule has 0 aliphatic carbocycles. The van der Waals surface area contributed by atoms with Crippen molar-refractivity contribution in [1.82, 2.24) is 9.55 Å². The van der Waals surface area contributed by atoms with Gasteiger partial charge in [-0.3, -0.25) is 9.05 Å². The molecular weight excluding hydrogens is 402 g/mol. The van der Waals surface area contributed by atoms with E-state index < -0.39 is 32.4 Å². The predicted octanol–water partition coefficient (Wildman–Crippen LogP) is 4.11. The summed E-state index contributed by atoms with van der Waals surface area (Å²) in [5, 5.41) is 0. The number of rotatable bonds is 8. The second-order valence-electron chi connectivity index (χ2n) is 7.76. The smallest absolute Gasteiger partial charge is 0.376 e. The van der Waals surface area contributed by atoms with Crippen LogP contribution in [-0.2, 0) is 23.1 Å². The lowest BCUT2D eigenvalue weighted by Crippen LogP contribution is -2.30. The molecule has 0 spiro atoms. The Bertz CT molecular complexity index is 902. The Balaban J connectivity index is 1.85. The number of benzene rings is 1. The molecule has 0 bridgehead atoms. The molecule has 2 heterocycles. The monoisotopic (exact) mass is 430 g/mol. The maximum absolute atomic E-state index is 13.9. The van der Waals surface area contributed by atoms with Crippen molar-refractivity contribution >= 4 is 18.9 Å². The van der Waals surface area contributed by atoms with Gasteiger partial charge in [0.2, 0.25) is 0 Å². The van der Waals surface area contributed by atoms with Gasteiger partial charge in [-0.25, -0.2) is 13.9 Å². The number of fused-ring (bicyclic) bond motifs is 1. The van der Waals surface area contributed by atoms with E-state index >= 15 is 0 Å². The molecule has 2 unspecified atom stereocenters. The van der Waals surface area contributed by atoms with Crippen molar-refractivity contribution in [1.29, 1.82) is 0 Å². The van der Waals surface area contributed by atoms with E-state index in [4.69, 9.17) is 18.5 Å². The molecule has 0 saturated carbocycles. The summed E-state index contributed by atoms with van der Waals surface area (Å²) in [6, 6.07) is 2.82. The summed E-state index contributed by atoms with van der Waals surface area (Å²) >= 11 is 0. The molecular formula is C19H28FN2O6P. The molecule has 2 aromatic rings. The molecule has 1 N–H and O–H groups in total. The van der Waals surface area contributed by atoms with Crippen LogP contribution in [0, 0.1) is 12.7 Å². The molecule has 1 aliphatic rings.